The summed E-state index contributed by atoms with van der Waals surface area (Å²) in [6.45, 7) is 1.61. The average Bonchev–Trinajstić information content (AvgIpc) is 2.59. The van der Waals surface area contributed by atoms with Crippen LogP contribution in [0.5, 0.6) is 0 Å². The number of benzene rings is 2. The zero-order valence-corrected chi connectivity index (χ0v) is 14.7. The molecule has 0 radical (unpaired) electrons. The van der Waals surface area contributed by atoms with Crippen molar-refractivity contribution >= 4 is 17.3 Å². The number of rotatable bonds is 3. The van der Waals surface area contributed by atoms with Crippen molar-refractivity contribution < 1.29 is 4.39 Å². The Balaban J connectivity index is 1.93. The lowest BCUT2D eigenvalue weighted by atomic mass is 9.91. The summed E-state index contributed by atoms with van der Waals surface area (Å²) in [6.07, 6.45) is 4.09. The maximum atomic E-state index is 14.0. The first-order chi connectivity index (χ1) is 12.1. The smallest absolute Gasteiger partial charge is 0.141 e. The summed E-state index contributed by atoms with van der Waals surface area (Å²) >= 11 is 6.66. The van der Waals surface area contributed by atoms with E-state index in [1.807, 2.05) is 18.2 Å². The van der Waals surface area contributed by atoms with E-state index >= 15 is 0 Å². The van der Waals surface area contributed by atoms with Crippen LogP contribution in [0.4, 0.5) is 10.1 Å². The maximum absolute atomic E-state index is 14.0. The number of nitriles is 1. The van der Waals surface area contributed by atoms with Gasteiger partial charge in [-0.25, -0.2) is 4.39 Å². The van der Waals surface area contributed by atoms with Crippen LogP contribution in [0, 0.1) is 23.1 Å². The van der Waals surface area contributed by atoms with Gasteiger partial charge < -0.3 is 11.1 Å². The highest BCUT2D eigenvalue weighted by molar-refractivity contribution is 6.34. The van der Waals surface area contributed by atoms with Crippen molar-refractivity contribution in [1.29, 1.82) is 5.26 Å². The SMILES string of the molecule is N#Cc1ccc(-c2ccc3c(c2Cl)CCCC(CCN)CN3)cc1F. The van der Waals surface area contributed by atoms with Crippen LogP contribution in [0.15, 0.2) is 30.3 Å². The first kappa shape index (κ1) is 17.7. The van der Waals surface area contributed by atoms with E-state index in [1.165, 1.54) is 12.1 Å². The summed E-state index contributed by atoms with van der Waals surface area (Å²) in [7, 11) is 0. The Hall–Kier alpha value is -2.09. The van der Waals surface area contributed by atoms with Gasteiger partial charge in [-0.15, -0.1) is 0 Å². The van der Waals surface area contributed by atoms with Gasteiger partial charge in [0, 0.05) is 17.8 Å². The quantitative estimate of drug-likeness (QED) is 0.834. The number of halogens is 2. The molecule has 0 spiro atoms. The zero-order chi connectivity index (χ0) is 17.8. The molecule has 0 saturated carbocycles. The van der Waals surface area contributed by atoms with Crippen molar-refractivity contribution in [2.75, 3.05) is 18.4 Å². The molecule has 1 heterocycles. The number of nitrogens with two attached hydrogens (primary N) is 1. The van der Waals surface area contributed by atoms with Gasteiger partial charge in [0.25, 0.3) is 0 Å². The van der Waals surface area contributed by atoms with Crippen LogP contribution in [0.2, 0.25) is 5.02 Å². The molecule has 2 aromatic rings. The van der Waals surface area contributed by atoms with Crippen molar-refractivity contribution in [3.8, 4) is 17.2 Å². The van der Waals surface area contributed by atoms with Crippen molar-refractivity contribution in [1.82, 2.24) is 0 Å². The number of hydrogen-bond donors (Lipinski definition) is 2. The van der Waals surface area contributed by atoms with Crippen LogP contribution in [-0.2, 0) is 6.42 Å². The average molecular weight is 358 g/mol. The molecule has 1 aliphatic heterocycles. The Kier molecular flexibility index (Phi) is 5.57. The second kappa shape index (κ2) is 7.86. The summed E-state index contributed by atoms with van der Waals surface area (Å²) in [6, 6.07) is 10.4. The lowest BCUT2D eigenvalue weighted by molar-refractivity contribution is 0.458. The number of anilines is 1. The van der Waals surface area contributed by atoms with Crippen molar-refractivity contribution in [2.45, 2.75) is 25.7 Å². The molecule has 130 valence electrons. The highest BCUT2D eigenvalue weighted by Crippen LogP contribution is 2.37. The van der Waals surface area contributed by atoms with Gasteiger partial charge in [0.2, 0.25) is 0 Å². The highest BCUT2D eigenvalue weighted by atomic mass is 35.5. The highest BCUT2D eigenvalue weighted by Gasteiger charge is 2.18. The molecule has 0 saturated heterocycles. The Labute approximate surface area is 152 Å². The fourth-order valence-corrected chi connectivity index (χ4v) is 3.80. The van der Waals surface area contributed by atoms with E-state index in [0.717, 1.165) is 49.0 Å². The van der Waals surface area contributed by atoms with Crippen LogP contribution in [-0.4, -0.2) is 13.1 Å². The fourth-order valence-electron chi connectivity index (χ4n) is 3.43. The van der Waals surface area contributed by atoms with Gasteiger partial charge in [0.05, 0.1) is 10.6 Å². The summed E-state index contributed by atoms with van der Waals surface area (Å²) in [5.74, 6) is 0.0646. The molecule has 3 rings (SSSR count). The molecule has 0 aromatic heterocycles. The number of hydrogen-bond acceptors (Lipinski definition) is 3. The van der Waals surface area contributed by atoms with E-state index in [0.29, 0.717) is 23.0 Å². The Morgan fingerprint density at radius 2 is 2.16 bits per heavy atom. The van der Waals surface area contributed by atoms with Gasteiger partial charge in [-0.3, -0.25) is 0 Å². The molecular weight excluding hydrogens is 337 g/mol. The van der Waals surface area contributed by atoms with Gasteiger partial charge in [-0.05, 0) is 67.5 Å². The van der Waals surface area contributed by atoms with E-state index in [2.05, 4.69) is 5.32 Å². The first-order valence-electron chi connectivity index (χ1n) is 8.59. The minimum absolute atomic E-state index is 0.0405. The summed E-state index contributed by atoms with van der Waals surface area (Å²) in [5.41, 5.74) is 9.33. The molecule has 3 N–H and O–H groups in total. The third-order valence-electron chi connectivity index (χ3n) is 4.84. The molecule has 5 heteroatoms. The first-order valence-corrected chi connectivity index (χ1v) is 8.97. The van der Waals surface area contributed by atoms with E-state index in [-0.39, 0.29) is 5.56 Å². The molecule has 1 atom stereocenters. The lowest BCUT2D eigenvalue weighted by Gasteiger charge is -2.24. The normalized spacial score (nSPS) is 17.0. The van der Waals surface area contributed by atoms with Gasteiger partial charge in [0.15, 0.2) is 0 Å². The molecule has 0 aliphatic carbocycles. The Bertz CT molecular complexity index is 813. The van der Waals surface area contributed by atoms with E-state index in [4.69, 9.17) is 22.6 Å². The molecule has 2 aromatic carbocycles. The third-order valence-corrected chi connectivity index (χ3v) is 5.27. The number of fused-ring (bicyclic) bond motifs is 1. The molecule has 0 bridgehead atoms. The van der Waals surface area contributed by atoms with Gasteiger partial charge in [-0.1, -0.05) is 23.7 Å². The molecule has 1 unspecified atom stereocenters. The van der Waals surface area contributed by atoms with Crippen LogP contribution in [0.1, 0.15) is 30.4 Å². The van der Waals surface area contributed by atoms with Crippen LogP contribution in [0.25, 0.3) is 11.1 Å². The zero-order valence-electron chi connectivity index (χ0n) is 14.0. The van der Waals surface area contributed by atoms with Crippen LogP contribution in [0.3, 0.4) is 0 Å². The van der Waals surface area contributed by atoms with Crippen molar-refractivity contribution in [3.63, 3.8) is 0 Å². The summed E-state index contributed by atoms with van der Waals surface area (Å²) in [4.78, 5) is 0. The monoisotopic (exact) mass is 357 g/mol. The second-order valence-electron chi connectivity index (χ2n) is 6.48. The van der Waals surface area contributed by atoms with Gasteiger partial charge in [-0.2, -0.15) is 5.26 Å². The molecular formula is C20H21ClFN3. The lowest BCUT2D eigenvalue weighted by Crippen LogP contribution is -2.21. The summed E-state index contributed by atoms with van der Waals surface area (Å²) < 4.78 is 14.0. The maximum Gasteiger partial charge on any atom is 0.141 e. The largest absolute Gasteiger partial charge is 0.385 e. The van der Waals surface area contributed by atoms with Crippen LogP contribution >= 0.6 is 11.6 Å². The Morgan fingerprint density at radius 1 is 1.32 bits per heavy atom. The number of nitrogens with one attached hydrogen (secondary N) is 1. The standard InChI is InChI=1S/C20H21ClFN3/c21-20-16(14-4-5-15(11-24)18(22)10-14)6-7-19-17(20)3-1-2-13(8-9-23)12-25-19/h4-7,10,13,25H,1-3,8-9,12,23H2. The van der Waals surface area contributed by atoms with Gasteiger partial charge >= 0.3 is 0 Å². The minimum Gasteiger partial charge on any atom is -0.385 e. The molecule has 0 fully saturated rings. The molecule has 1 aliphatic rings. The molecule has 0 amide bonds. The molecule has 25 heavy (non-hydrogen) atoms. The Morgan fingerprint density at radius 3 is 2.88 bits per heavy atom. The predicted molar refractivity (Wildman–Crippen MR) is 100 cm³/mol. The number of nitrogens with zero attached hydrogens (tertiary/aromatic N) is 1. The van der Waals surface area contributed by atoms with Crippen molar-refractivity contribution in [3.05, 3.63) is 52.3 Å². The van der Waals surface area contributed by atoms with Crippen molar-refractivity contribution in [2.24, 2.45) is 11.7 Å². The van der Waals surface area contributed by atoms with Gasteiger partial charge in [0.1, 0.15) is 11.9 Å². The fraction of sp³-hybridized carbons (Fsp3) is 0.350. The van der Waals surface area contributed by atoms with E-state index < -0.39 is 5.82 Å². The van der Waals surface area contributed by atoms with Crippen LogP contribution < -0.4 is 11.1 Å². The third kappa shape index (κ3) is 3.78. The topological polar surface area (TPSA) is 61.8 Å². The molecule has 3 nitrogen and oxygen atoms in total. The second-order valence-corrected chi connectivity index (χ2v) is 6.85. The van der Waals surface area contributed by atoms with E-state index in [1.54, 1.807) is 6.07 Å². The minimum atomic E-state index is -0.523. The summed E-state index contributed by atoms with van der Waals surface area (Å²) in [5, 5.41) is 13.0. The predicted octanol–water partition coefficient (Wildman–Crippen LogP) is 4.73. The van der Waals surface area contributed by atoms with E-state index in [9.17, 15) is 4.39 Å².